The molecule has 1 saturated heterocycles. The predicted molar refractivity (Wildman–Crippen MR) is 101 cm³/mol. The summed E-state index contributed by atoms with van der Waals surface area (Å²) in [5.74, 6) is 1.42. The van der Waals surface area contributed by atoms with Gasteiger partial charge in [0.2, 0.25) is 0 Å². The first-order valence-electron chi connectivity index (χ1n) is 8.86. The quantitative estimate of drug-likeness (QED) is 0.756. The Labute approximate surface area is 148 Å². The molecule has 0 unspecified atom stereocenters. The molecule has 25 heavy (non-hydrogen) atoms. The lowest BCUT2D eigenvalue weighted by Crippen LogP contribution is -2.34. The van der Waals surface area contributed by atoms with E-state index in [0.717, 1.165) is 48.6 Å². The molecule has 0 amide bonds. The maximum Gasteiger partial charge on any atom is 0.147 e. The third-order valence-corrected chi connectivity index (χ3v) is 5.29. The van der Waals surface area contributed by atoms with Crippen LogP contribution in [0.5, 0.6) is 0 Å². The fourth-order valence-electron chi connectivity index (χ4n) is 4.02. The highest BCUT2D eigenvalue weighted by Crippen LogP contribution is 2.35. The highest BCUT2D eigenvalue weighted by atomic mass is 15.2. The summed E-state index contributed by atoms with van der Waals surface area (Å²) in [4.78, 5) is 10.3. The second-order valence-electron chi connectivity index (χ2n) is 6.94. The zero-order valence-corrected chi connectivity index (χ0v) is 14.7. The van der Waals surface area contributed by atoms with Gasteiger partial charge in [-0.1, -0.05) is 18.2 Å². The lowest BCUT2D eigenvalue weighted by atomic mass is 9.89. The van der Waals surface area contributed by atoms with Gasteiger partial charge >= 0.3 is 0 Å². The Morgan fingerprint density at radius 1 is 1.20 bits per heavy atom. The zero-order valence-electron chi connectivity index (χ0n) is 14.7. The van der Waals surface area contributed by atoms with Gasteiger partial charge in [-0.3, -0.25) is 0 Å². The van der Waals surface area contributed by atoms with E-state index in [4.69, 9.17) is 0 Å². The number of para-hydroxylation sites is 1. The summed E-state index contributed by atoms with van der Waals surface area (Å²) in [6.07, 6.45) is 4.34. The summed E-state index contributed by atoms with van der Waals surface area (Å²) in [7, 11) is 0. The summed E-state index contributed by atoms with van der Waals surface area (Å²) in [6.45, 7) is 5.87. The first-order chi connectivity index (χ1) is 12.2. The Morgan fingerprint density at radius 3 is 2.72 bits per heavy atom. The minimum absolute atomic E-state index is 0.559. The number of nitrogens with zero attached hydrogens (tertiary/aromatic N) is 3. The van der Waals surface area contributed by atoms with Gasteiger partial charge in [-0.15, -0.1) is 0 Å². The van der Waals surface area contributed by atoms with Gasteiger partial charge in [-0.25, -0.2) is 4.98 Å². The standard InChI is InChI=1S/C21H22N4/c1-14-11-15(2)24-21(18(14)12-22)25-9-7-16(8-10-25)19-13-23-20-6-4-3-5-17(19)20/h3-6,11,13,16,23H,7-10H2,1-2H3. The largest absolute Gasteiger partial charge is 0.361 e. The highest BCUT2D eigenvalue weighted by Gasteiger charge is 2.25. The smallest absolute Gasteiger partial charge is 0.147 e. The van der Waals surface area contributed by atoms with Crippen LogP contribution in [0.4, 0.5) is 5.82 Å². The third kappa shape index (κ3) is 2.76. The molecule has 2 aromatic heterocycles. The molecule has 1 aliphatic heterocycles. The van der Waals surface area contributed by atoms with E-state index >= 15 is 0 Å². The van der Waals surface area contributed by atoms with Crippen molar-refractivity contribution >= 4 is 16.7 Å². The number of aromatic nitrogens is 2. The van der Waals surface area contributed by atoms with Crippen molar-refractivity contribution < 1.29 is 0 Å². The summed E-state index contributed by atoms with van der Waals surface area (Å²) in [5.41, 5.74) is 5.34. The maximum absolute atomic E-state index is 9.52. The van der Waals surface area contributed by atoms with Crippen LogP contribution in [-0.4, -0.2) is 23.1 Å². The Morgan fingerprint density at radius 2 is 1.96 bits per heavy atom. The van der Waals surface area contributed by atoms with Gasteiger partial charge in [-0.05, 0) is 55.9 Å². The molecule has 4 nitrogen and oxygen atoms in total. The van der Waals surface area contributed by atoms with Crippen molar-refractivity contribution in [3.05, 3.63) is 58.9 Å². The van der Waals surface area contributed by atoms with E-state index in [1.165, 1.54) is 16.5 Å². The van der Waals surface area contributed by atoms with Crippen LogP contribution in [-0.2, 0) is 0 Å². The zero-order chi connectivity index (χ0) is 17.4. The average Bonchev–Trinajstić information content (AvgIpc) is 3.05. The molecular weight excluding hydrogens is 308 g/mol. The number of aryl methyl sites for hydroxylation is 2. The van der Waals surface area contributed by atoms with Crippen molar-refractivity contribution in [1.29, 1.82) is 5.26 Å². The first kappa shape index (κ1) is 15.7. The van der Waals surface area contributed by atoms with Crippen LogP contribution in [0.3, 0.4) is 0 Å². The molecule has 0 saturated carbocycles. The SMILES string of the molecule is Cc1cc(C)c(C#N)c(N2CCC(c3c[nH]c4ccccc34)CC2)n1. The fourth-order valence-corrected chi connectivity index (χ4v) is 4.02. The summed E-state index contributed by atoms with van der Waals surface area (Å²) < 4.78 is 0. The number of hydrogen-bond acceptors (Lipinski definition) is 3. The molecule has 3 heterocycles. The van der Waals surface area contributed by atoms with Gasteiger partial charge in [-0.2, -0.15) is 5.26 Å². The van der Waals surface area contributed by atoms with E-state index < -0.39 is 0 Å². The number of fused-ring (bicyclic) bond motifs is 1. The van der Waals surface area contributed by atoms with Crippen molar-refractivity contribution in [2.45, 2.75) is 32.6 Å². The predicted octanol–water partition coefficient (Wildman–Crippen LogP) is 4.44. The number of pyridine rings is 1. The van der Waals surface area contributed by atoms with E-state index in [1.54, 1.807) is 0 Å². The first-order valence-corrected chi connectivity index (χ1v) is 8.86. The van der Waals surface area contributed by atoms with Gasteiger partial charge in [0.15, 0.2) is 0 Å². The molecule has 0 aliphatic carbocycles. The summed E-state index contributed by atoms with van der Waals surface area (Å²) in [5, 5.41) is 10.9. The molecule has 1 aliphatic rings. The summed E-state index contributed by atoms with van der Waals surface area (Å²) >= 11 is 0. The number of rotatable bonds is 2. The third-order valence-electron chi connectivity index (χ3n) is 5.29. The van der Waals surface area contributed by atoms with Crippen LogP contribution in [0.25, 0.3) is 10.9 Å². The van der Waals surface area contributed by atoms with Crippen molar-refractivity contribution in [3.63, 3.8) is 0 Å². The lowest BCUT2D eigenvalue weighted by Gasteiger charge is -2.33. The monoisotopic (exact) mass is 330 g/mol. The lowest BCUT2D eigenvalue weighted by molar-refractivity contribution is 0.504. The number of nitrogens with one attached hydrogen (secondary N) is 1. The van der Waals surface area contributed by atoms with E-state index in [1.807, 2.05) is 19.9 Å². The van der Waals surface area contributed by atoms with Crippen LogP contribution >= 0.6 is 0 Å². The number of hydrogen-bond donors (Lipinski definition) is 1. The fraction of sp³-hybridized carbons (Fsp3) is 0.333. The molecular formula is C21H22N4. The van der Waals surface area contributed by atoms with E-state index in [9.17, 15) is 5.26 Å². The molecule has 1 aromatic carbocycles. The van der Waals surface area contributed by atoms with Gasteiger partial charge in [0, 0.05) is 35.9 Å². The highest BCUT2D eigenvalue weighted by molar-refractivity contribution is 5.83. The minimum atomic E-state index is 0.559. The molecule has 0 spiro atoms. The molecule has 3 aromatic rings. The van der Waals surface area contributed by atoms with Crippen LogP contribution in [0.15, 0.2) is 36.5 Å². The van der Waals surface area contributed by atoms with E-state index in [0.29, 0.717) is 5.92 Å². The molecule has 1 fully saturated rings. The van der Waals surface area contributed by atoms with Gasteiger partial charge < -0.3 is 9.88 Å². The molecule has 0 atom stereocenters. The van der Waals surface area contributed by atoms with Crippen LogP contribution in [0, 0.1) is 25.2 Å². The number of H-pyrrole nitrogens is 1. The Hall–Kier alpha value is -2.80. The van der Waals surface area contributed by atoms with Gasteiger partial charge in [0.05, 0.1) is 5.56 Å². The van der Waals surface area contributed by atoms with Crippen molar-refractivity contribution in [1.82, 2.24) is 9.97 Å². The van der Waals surface area contributed by atoms with Crippen LogP contribution < -0.4 is 4.90 Å². The van der Waals surface area contributed by atoms with Crippen molar-refractivity contribution in [2.24, 2.45) is 0 Å². The van der Waals surface area contributed by atoms with E-state index in [-0.39, 0.29) is 0 Å². The topological polar surface area (TPSA) is 55.7 Å². The molecule has 126 valence electrons. The van der Waals surface area contributed by atoms with Crippen molar-refractivity contribution in [3.8, 4) is 6.07 Å². The Bertz CT molecular complexity index is 956. The number of aromatic amines is 1. The second-order valence-corrected chi connectivity index (χ2v) is 6.94. The minimum Gasteiger partial charge on any atom is -0.361 e. The van der Waals surface area contributed by atoms with Crippen LogP contribution in [0.1, 0.15) is 41.1 Å². The molecule has 0 bridgehead atoms. The summed E-state index contributed by atoms with van der Waals surface area (Å²) in [6, 6.07) is 12.8. The number of nitriles is 1. The van der Waals surface area contributed by atoms with Gasteiger partial charge in [0.25, 0.3) is 0 Å². The Kier molecular flexibility index (Phi) is 3.93. The number of piperidine rings is 1. The maximum atomic E-state index is 9.52. The molecule has 0 radical (unpaired) electrons. The number of anilines is 1. The molecule has 1 N–H and O–H groups in total. The normalized spacial score (nSPS) is 15.5. The van der Waals surface area contributed by atoms with Crippen LogP contribution in [0.2, 0.25) is 0 Å². The molecule has 4 heteroatoms. The second kappa shape index (κ2) is 6.25. The van der Waals surface area contributed by atoms with E-state index in [2.05, 4.69) is 51.4 Å². The average molecular weight is 330 g/mol. The van der Waals surface area contributed by atoms with Gasteiger partial charge in [0.1, 0.15) is 11.9 Å². The Balaban J connectivity index is 1.57. The van der Waals surface area contributed by atoms with Crippen molar-refractivity contribution in [2.75, 3.05) is 18.0 Å². The molecule has 4 rings (SSSR count). The number of benzene rings is 1.